The van der Waals surface area contributed by atoms with Gasteiger partial charge in [-0.25, -0.2) is 5.43 Å². The lowest BCUT2D eigenvalue weighted by molar-refractivity contribution is -1.01. The number of rotatable bonds is 19. The number of morpholine rings is 1. The van der Waals surface area contributed by atoms with Gasteiger partial charge < -0.3 is 9.94 Å². The van der Waals surface area contributed by atoms with E-state index in [-0.39, 0.29) is 5.91 Å². The van der Waals surface area contributed by atoms with Crippen LogP contribution in [0.4, 0.5) is 0 Å². The van der Waals surface area contributed by atoms with E-state index in [0.717, 1.165) is 25.2 Å². The molecular weight excluding hydrogens is 390 g/mol. The molecule has 1 aliphatic rings. The predicted octanol–water partition coefficient (Wildman–Crippen LogP) is 6.11. The van der Waals surface area contributed by atoms with Crippen LogP contribution in [0, 0.1) is 11.1 Å². The topological polar surface area (TPSA) is 64.6 Å². The molecule has 1 N–H and O–H groups in total. The molecule has 0 aromatic rings. The molecule has 31 heavy (non-hydrogen) atoms. The van der Waals surface area contributed by atoms with E-state index in [1.807, 2.05) is 6.92 Å². The minimum Gasteiger partial charge on any atom is -0.610 e. The van der Waals surface area contributed by atoms with Crippen molar-refractivity contribution in [3.05, 3.63) is 5.21 Å². The summed E-state index contributed by atoms with van der Waals surface area (Å²) in [5.41, 5.74) is 2.88. The Kier molecular flexibility index (Phi) is 16.3. The van der Waals surface area contributed by atoms with Crippen LogP contribution >= 0.6 is 0 Å². The smallest absolute Gasteiger partial charge is 0.238 e. The van der Waals surface area contributed by atoms with Crippen molar-refractivity contribution < 1.29 is 14.3 Å². The molecule has 1 aliphatic heterocycles. The number of hydrazine groups is 1. The van der Waals surface area contributed by atoms with Crippen LogP contribution in [0.1, 0.15) is 117 Å². The van der Waals surface area contributed by atoms with Gasteiger partial charge in [-0.2, -0.15) is 0 Å². The first-order valence-electron chi connectivity index (χ1n) is 13.2. The lowest BCUT2D eigenvalue weighted by Crippen LogP contribution is -2.66. The number of carbonyl (C=O) groups is 1. The highest BCUT2D eigenvalue weighted by atomic mass is 16.6. The Morgan fingerprint density at radius 1 is 0.903 bits per heavy atom. The maximum absolute atomic E-state index is 12.9. The van der Waals surface area contributed by atoms with Crippen molar-refractivity contribution in [1.82, 2.24) is 10.5 Å². The van der Waals surface area contributed by atoms with Crippen molar-refractivity contribution in [1.29, 1.82) is 0 Å². The van der Waals surface area contributed by atoms with E-state index in [1.54, 1.807) is 5.12 Å². The summed E-state index contributed by atoms with van der Waals surface area (Å²) >= 11 is 0. The Morgan fingerprint density at radius 2 is 1.39 bits per heavy atom. The van der Waals surface area contributed by atoms with Crippen LogP contribution in [0.25, 0.3) is 0 Å². The Hall–Kier alpha value is -0.690. The Labute approximate surface area is 192 Å². The summed E-state index contributed by atoms with van der Waals surface area (Å²) in [5, 5.41) is 14.5. The minimum atomic E-state index is -0.489. The van der Waals surface area contributed by atoms with E-state index in [0.29, 0.717) is 39.3 Å². The maximum Gasteiger partial charge on any atom is 0.238 e. The summed E-state index contributed by atoms with van der Waals surface area (Å²) in [6.45, 7) is 8.89. The molecule has 1 amide bonds. The third-order valence-electron chi connectivity index (χ3n) is 6.23. The number of hydroxylamine groups is 2. The zero-order valence-electron chi connectivity index (χ0n) is 20.8. The normalized spacial score (nSPS) is 16.2. The third kappa shape index (κ3) is 14.1. The average Bonchev–Trinajstić information content (AvgIpc) is 2.74. The number of amides is 1. The number of quaternary nitrogens is 1. The molecule has 0 atom stereocenters. The van der Waals surface area contributed by atoms with Crippen molar-refractivity contribution >= 4 is 5.91 Å². The van der Waals surface area contributed by atoms with Crippen LogP contribution in [0.3, 0.4) is 0 Å². The fraction of sp³-hybridized carbons (Fsp3) is 0.960. The number of nitrogens with one attached hydrogen (secondary N) is 1. The van der Waals surface area contributed by atoms with Crippen LogP contribution in [-0.4, -0.2) is 48.6 Å². The van der Waals surface area contributed by atoms with Crippen molar-refractivity contribution in [2.24, 2.45) is 5.92 Å². The fourth-order valence-corrected chi connectivity index (χ4v) is 4.22. The third-order valence-corrected chi connectivity index (χ3v) is 6.23. The van der Waals surface area contributed by atoms with E-state index in [4.69, 9.17) is 4.74 Å². The Balaban J connectivity index is 1.97. The van der Waals surface area contributed by atoms with Gasteiger partial charge in [-0.3, -0.25) is 9.55 Å². The molecule has 0 spiro atoms. The molecule has 0 bridgehead atoms. The standard InChI is InChI=1S/C25H51N3O3/c1-4-19-27(28(30)20-22-31-23-21-28)26-25(29)18-16-14-12-10-8-6-5-7-9-11-13-15-17-24(2)3/h24H,4-23H2,1-3H3,(H,26,29). The lowest BCUT2D eigenvalue weighted by Gasteiger charge is -2.50. The van der Waals surface area contributed by atoms with E-state index >= 15 is 0 Å². The Morgan fingerprint density at radius 3 is 1.87 bits per heavy atom. The Bertz CT molecular complexity index is 440. The summed E-state index contributed by atoms with van der Waals surface area (Å²) in [4.78, 5) is 12.3. The molecule has 0 saturated carbocycles. The quantitative estimate of drug-likeness (QED) is 0.114. The molecule has 1 heterocycles. The summed E-state index contributed by atoms with van der Waals surface area (Å²) < 4.78 is 4.81. The second kappa shape index (κ2) is 17.8. The van der Waals surface area contributed by atoms with Gasteiger partial charge in [-0.15, -0.1) is 0 Å². The van der Waals surface area contributed by atoms with Crippen LogP contribution in [0.5, 0.6) is 0 Å². The van der Waals surface area contributed by atoms with Crippen LogP contribution in [0.2, 0.25) is 0 Å². The van der Waals surface area contributed by atoms with Gasteiger partial charge in [0.05, 0.1) is 19.8 Å². The van der Waals surface area contributed by atoms with E-state index in [9.17, 15) is 10.0 Å². The minimum absolute atomic E-state index is 0.0262. The van der Waals surface area contributed by atoms with Crippen molar-refractivity contribution in [2.75, 3.05) is 32.8 Å². The largest absolute Gasteiger partial charge is 0.610 e. The number of ether oxygens (including phenoxy) is 1. The molecule has 0 aliphatic carbocycles. The molecule has 6 heteroatoms. The molecule has 6 nitrogen and oxygen atoms in total. The zero-order chi connectivity index (χ0) is 22.8. The number of unbranched alkanes of at least 4 members (excludes halogenated alkanes) is 11. The van der Waals surface area contributed by atoms with Crippen LogP contribution in [0.15, 0.2) is 0 Å². The number of hydrogen-bond donors (Lipinski definition) is 1. The van der Waals surface area contributed by atoms with E-state index in [1.165, 1.54) is 70.6 Å². The lowest BCUT2D eigenvalue weighted by atomic mass is 10.0. The van der Waals surface area contributed by atoms with Gasteiger partial charge >= 0.3 is 0 Å². The van der Waals surface area contributed by atoms with Crippen molar-refractivity contribution in [3.63, 3.8) is 0 Å². The molecule has 1 rings (SSSR count). The van der Waals surface area contributed by atoms with Crippen LogP contribution < -0.4 is 5.43 Å². The van der Waals surface area contributed by atoms with E-state index in [2.05, 4.69) is 19.3 Å². The molecule has 0 aromatic carbocycles. The molecule has 0 radical (unpaired) electrons. The van der Waals surface area contributed by atoms with Crippen molar-refractivity contribution in [2.45, 2.75) is 117 Å². The van der Waals surface area contributed by atoms with Crippen LogP contribution in [-0.2, 0) is 9.53 Å². The van der Waals surface area contributed by atoms with Gasteiger partial charge in [-0.1, -0.05) is 103 Å². The second-order valence-corrected chi connectivity index (χ2v) is 9.74. The molecule has 0 unspecified atom stereocenters. The highest BCUT2D eigenvalue weighted by Crippen LogP contribution is 2.15. The summed E-state index contributed by atoms with van der Waals surface area (Å²) in [5.74, 6) is 0.827. The first kappa shape index (κ1) is 28.3. The zero-order valence-corrected chi connectivity index (χ0v) is 20.8. The number of nitrogens with zero attached hydrogens (tertiary/aromatic N) is 2. The summed E-state index contributed by atoms with van der Waals surface area (Å²) in [6, 6.07) is 0. The van der Waals surface area contributed by atoms with E-state index < -0.39 is 4.76 Å². The highest BCUT2D eigenvalue weighted by Gasteiger charge is 2.30. The van der Waals surface area contributed by atoms with Gasteiger partial charge in [-0.05, 0) is 18.8 Å². The first-order chi connectivity index (χ1) is 15.0. The predicted molar refractivity (Wildman–Crippen MR) is 129 cm³/mol. The molecule has 0 aromatic heterocycles. The SMILES string of the molecule is CCCN(NC(=O)CCCCCCCCCCCCCCC(C)C)[N+]1([O-])CCOCC1. The summed E-state index contributed by atoms with van der Waals surface area (Å²) in [6.07, 6.45) is 18.3. The average molecular weight is 442 g/mol. The monoisotopic (exact) mass is 441 g/mol. The molecule has 1 saturated heterocycles. The number of hydrogen-bond acceptors (Lipinski definition) is 4. The number of carbonyl (C=O) groups excluding carboxylic acids is 1. The van der Waals surface area contributed by atoms with Crippen molar-refractivity contribution in [3.8, 4) is 0 Å². The molecule has 184 valence electrons. The van der Waals surface area contributed by atoms with Gasteiger partial charge in [0, 0.05) is 6.42 Å². The molecular formula is C25H51N3O3. The summed E-state index contributed by atoms with van der Waals surface area (Å²) in [7, 11) is 0. The molecule has 1 fully saturated rings. The van der Waals surface area contributed by atoms with Gasteiger partial charge in [0.15, 0.2) is 0 Å². The van der Waals surface area contributed by atoms with Gasteiger partial charge in [0.2, 0.25) is 5.91 Å². The van der Waals surface area contributed by atoms with Gasteiger partial charge in [0.1, 0.15) is 13.1 Å². The maximum atomic E-state index is 12.9. The highest BCUT2D eigenvalue weighted by molar-refractivity contribution is 5.75. The second-order valence-electron chi connectivity index (χ2n) is 9.74. The first-order valence-corrected chi connectivity index (χ1v) is 13.2. The van der Waals surface area contributed by atoms with Gasteiger partial charge in [0.25, 0.3) is 0 Å². The fourth-order valence-electron chi connectivity index (χ4n) is 4.22.